The number of benzene rings is 1. The number of hydrogen-bond acceptors (Lipinski definition) is 3. The van der Waals surface area contributed by atoms with Gasteiger partial charge in [-0.3, -0.25) is 4.79 Å². The van der Waals surface area contributed by atoms with Crippen molar-refractivity contribution >= 4 is 40.1 Å². The Balaban J connectivity index is 1.99. The van der Waals surface area contributed by atoms with Gasteiger partial charge in [-0.25, -0.2) is 0 Å². The summed E-state index contributed by atoms with van der Waals surface area (Å²) in [6.07, 6.45) is 1.08. The molecule has 2 rings (SSSR count). The number of amides is 1. The first-order chi connectivity index (χ1) is 9.00. The molecular formula is C13H15ClINO3. The quantitative estimate of drug-likeness (QED) is 0.772. The fraction of sp³-hybridized carbons (Fsp3) is 0.462. The van der Waals surface area contributed by atoms with Crippen LogP contribution in [0, 0.1) is 3.57 Å². The van der Waals surface area contributed by atoms with Gasteiger partial charge in [0, 0.05) is 41.2 Å². The molecule has 1 aromatic carbocycles. The van der Waals surface area contributed by atoms with Crippen molar-refractivity contribution in [2.75, 3.05) is 19.8 Å². The first-order valence-corrected chi connectivity index (χ1v) is 7.49. The van der Waals surface area contributed by atoms with E-state index in [0.717, 1.165) is 3.57 Å². The molecule has 1 saturated heterocycles. The van der Waals surface area contributed by atoms with E-state index in [1.165, 1.54) is 0 Å². The van der Waals surface area contributed by atoms with Gasteiger partial charge in [0.15, 0.2) is 0 Å². The molecule has 0 spiro atoms. The van der Waals surface area contributed by atoms with Gasteiger partial charge in [0.05, 0.1) is 11.2 Å². The number of halogens is 2. The zero-order chi connectivity index (χ0) is 13.9. The molecular weight excluding hydrogens is 381 g/mol. The van der Waals surface area contributed by atoms with Crippen molar-refractivity contribution in [1.29, 1.82) is 0 Å². The lowest BCUT2D eigenvalue weighted by Crippen LogP contribution is -2.46. The Morgan fingerprint density at radius 3 is 2.84 bits per heavy atom. The van der Waals surface area contributed by atoms with Gasteiger partial charge in [-0.05, 0) is 40.8 Å². The molecule has 1 heterocycles. The fourth-order valence-electron chi connectivity index (χ4n) is 1.94. The summed E-state index contributed by atoms with van der Waals surface area (Å²) < 4.78 is 6.03. The minimum atomic E-state index is -0.863. The van der Waals surface area contributed by atoms with Crippen LogP contribution in [0.3, 0.4) is 0 Å². The van der Waals surface area contributed by atoms with E-state index in [9.17, 15) is 9.90 Å². The highest BCUT2D eigenvalue weighted by molar-refractivity contribution is 14.1. The van der Waals surface area contributed by atoms with Gasteiger partial charge in [0.1, 0.15) is 0 Å². The maximum atomic E-state index is 12.1. The molecule has 19 heavy (non-hydrogen) atoms. The molecule has 6 heteroatoms. The van der Waals surface area contributed by atoms with Gasteiger partial charge >= 0.3 is 0 Å². The summed E-state index contributed by atoms with van der Waals surface area (Å²) in [6.45, 7) is 1.29. The molecule has 1 aliphatic heterocycles. The Bertz CT molecular complexity index is 475. The van der Waals surface area contributed by atoms with Crippen LogP contribution in [-0.4, -0.2) is 36.4 Å². The van der Waals surface area contributed by atoms with Gasteiger partial charge in [0.25, 0.3) is 5.91 Å². The van der Waals surface area contributed by atoms with Crippen molar-refractivity contribution in [3.05, 3.63) is 32.4 Å². The molecule has 0 unspecified atom stereocenters. The zero-order valence-electron chi connectivity index (χ0n) is 10.3. The molecule has 2 N–H and O–H groups in total. The van der Waals surface area contributed by atoms with E-state index in [4.69, 9.17) is 16.3 Å². The number of carbonyl (C=O) groups is 1. The summed E-state index contributed by atoms with van der Waals surface area (Å²) >= 11 is 7.98. The van der Waals surface area contributed by atoms with Crippen molar-refractivity contribution in [3.63, 3.8) is 0 Å². The average molecular weight is 396 g/mol. The van der Waals surface area contributed by atoms with E-state index in [0.29, 0.717) is 36.6 Å². The molecule has 0 aromatic heterocycles. The SMILES string of the molecule is O=C(NCC1(O)CCOCC1)c1cc(Cl)ccc1I. The number of rotatable bonds is 3. The molecule has 104 valence electrons. The Hall–Kier alpha value is -0.370. The summed E-state index contributed by atoms with van der Waals surface area (Å²) in [4.78, 5) is 12.1. The highest BCUT2D eigenvalue weighted by Crippen LogP contribution is 2.21. The Morgan fingerprint density at radius 2 is 2.16 bits per heavy atom. The van der Waals surface area contributed by atoms with Crippen LogP contribution < -0.4 is 5.32 Å². The van der Waals surface area contributed by atoms with Gasteiger partial charge in [0.2, 0.25) is 0 Å². The molecule has 1 amide bonds. The summed E-state index contributed by atoms with van der Waals surface area (Å²) in [7, 11) is 0. The van der Waals surface area contributed by atoms with Gasteiger partial charge in [-0.1, -0.05) is 11.6 Å². The summed E-state index contributed by atoms with van der Waals surface area (Å²) in [5.41, 5.74) is -0.332. The van der Waals surface area contributed by atoms with E-state index < -0.39 is 5.60 Å². The highest BCUT2D eigenvalue weighted by atomic mass is 127. The van der Waals surface area contributed by atoms with E-state index in [-0.39, 0.29) is 12.5 Å². The Morgan fingerprint density at radius 1 is 1.47 bits per heavy atom. The third-order valence-electron chi connectivity index (χ3n) is 3.17. The molecule has 0 saturated carbocycles. The number of nitrogens with one attached hydrogen (secondary N) is 1. The third kappa shape index (κ3) is 4.05. The van der Waals surface area contributed by atoms with Crippen molar-refractivity contribution in [3.8, 4) is 0 Å². The minimum absolute atomic E-state index is 0.216. The van der Waals surface area contributed by atoms with Gasteiger partial charge in [-0.15, -0.1) is 0 Å². The van der Waals surface area contributed by atoms with Crippen LogP contribution in [-0.2, 0) is 4.74 Å². The fourth-order valence-corrected chi connectivity index (χ4v) is 2.69. The second kappa shape index (κ2) is 6.39. The maximum Gasteiger partial charge on any atom is 0.252 e. The minimum Gasteiger partial charge on any atom is -0.388 e. The van der Waals surface area contributed by atoms with E-state index in [2.05, 4.69) is 27.9 Å². The summed E-state index contributed by atoms with van der Waals surface area (Å²) in [6, 6.07) is 5.17. The molecule has 1 aromatic rings. The van der Waals surface area contributed by atoms with E-state index in [1.807, 2.05) is 0 Å². The van der Waals surface area contributed by atoms with Gasteiger partial charge < -0.3 is 15.2 Å². The lowest BCUT2D eigenvalue weighted by molar-refractivity contribution is -0.0605. The summed E-state index contributed by atoms with van der Waals surface area (Å²) in [5, 5.41) is 13.6. The van der Waals surface area contributed by atoms with Crippen LogP contribution in [0.5, 0.6) is 0 Å². The first-order valence-electron chi connectivity index (χ1n) is 6.04. The number of hydrogen-bond donors (Lipinski definition) is 2. The van der Waals surface area contributed by atoms with Crippen LogP contribution >= 0.6 is 34.2 Å². The topological polar surface area (TPSA) is 58.6 Å². The van der Waals surface area contributed by atoms with Gasteiger partial charge in [-0.2, -0.15) is 0 Å². The number of ether oxygens (including phenoxy) is 1. The van der Waals surface area contributed by atoms with E-state index in [1.54, 1.807) is 18.2 Å². The highest BCUT2D eigenvalue weighted by Gasteiger charge is 2.30. The molecule has 1 fully saturated rings. The largest absolute Gasteiger partial charge is 0.388 e. The molecule has 4 nitrogen and oxygen atoms in total. The van der Waals surface area contributed by atoms with Crippen LogP contribution in [0.4, 0.5) is 0 Å². The van der Waals surface area contributed by atoms with Crippen LogP contribution in [0.1, 0.15) is 23.2 Å². The standard InChI is InChI=1S/C13H15ClINO3/c14-9-1-2-11(15)10(7-9)12(17)16-8-13(18)3-5-19-6-4-13/h1-2,7,18H,3-6,8H2,(H,16,17). The van der Waals surface area contributed by atoms with Crippen LogP contribution in [0.2, 0.25) is 5.02 Å². The summed E-state index contributed by atoms with van der Waals surface area (Å²) in [5.74, 6) is -0.216. The van der Waals surface area contributed by atoms with Crippen molar-refractivity contribution in [1.82, 2.24) is 5.32 Å². The molecule has 0 atom stereocenters. The third-order valence-corrected chi connectivity index (χ3v) is 4.35. The predicted octanol–water partition coefficient (Wildman–Crippen LogP) is 2.22. The first kappa shape index (κ1) is 15.0. The second-order valence-electron chi connectivity index (χ2n) is 4.64. The molecule has 0 radical (unpaired) electrons. The molecule has 0 bridgehead atoms. The van der Waals surface area contributed by atoms with E-state index >= 15 is 0 Å². The Labute approximate surface area is 130 Å². The monoisotopic (exact) mass is 395 g/mol. The lowest BCUT2D eigenvalue weighted by Gasteiger charge is -2.32. The maximum absolute atomic E-state index is 12.1. The normalized spacial score (nSPS) is 18.1. The lowest BCUT2D eigenvalue weighted by atomic mass is 9.94. The second-order valence-corrected chi connectivity index (χ2v) is 6.24. The smallest absolute Gasteiger partial charge is 0.252 e. The number of aliphatic hydroxyl groups is 1. The van der Waals surface area contributed by atoms with Crippen LogP contribution in [0.25, 0.3) is 0 Å². The van der Waals surface area contributed by atoms with Crippen molar-refractivity contribution in [2.24, 2.45) is 0 Å². The van der Waals surface area contributed by atoms with Crippen molar-refractivity contribution < 1.29 is 14.6 Å². The number of carbonyl (C=O) groups excluding carboxylic acids is 1. The van der Waals surface area contributed by atoms with Crippen LogP contribution in [0.15, 0.2) is 18.2 Å². The zero-order valence-corrected chi connectivity index (χ0v) is 13.2. The average Bonchev–Trinajstić information content (AvgIpc) is 2.40. The molecule has 0 aliphatic carbocycles. The van der Waals surface area contributed by atoms with Crippen molar-refractivity contribution in [2.45, 2.75) is 18.4 Å². The predicted molar refractivity (Wildman–Crippen MR) is 81.5 cm³/mol. The Kier molecular flexibility index (Phi) is 5.05. The molecule has 1 aliphatic rings.